The number of morpholine rings is 1. The quantitative estimate of drug-likeness (QED) is 0.779. The zero-order valence-electron chi connectivity index (χ0n) is 13.7. The van der Waals surface area contributed by atoms with Crippen molar-refractivity contribution < 1.29 is 13.9 Å². The number of nitrogens with two attached hydrogens (primary N) is 1. The van der Waals surface area contributed by atoms with Crippen LogP contribution in [-0.4, -0.2) is 36.0 Å². The molecule has 0 saturated carbocycles. The average Bonchev–Trinajstić information content (AvgIpc) is 2.50. The summed E-state index contributed by atoms with van der Waals surface area (Å²) < 4.78 is 19.4. The number of ether oxygens (including phenoxy) is 1. The Morgan fingerprint density at radius 1 is 1.46 bits per heavy atom. The minimum Gasteiger partial charge on any atom is -0.370 e. The van der Waals surface area contributed by atoms with Crippen LogP contribution in [0.3, 0.4) is 0 Å². The minimum absolute atomic E-state index is 0. The van der Waals surface area contributed by atoms with Crippen LogP contribution in [0.2, 0.25) is 10.0 Å². The fourth-order valence-corrected chi connectivity index (χ4v) is 3.30. The third kappa shape index (κ3) is 4.73. The molecule has 136 valence electrons. The monoisotopic (exact) mass is 398 g/mol. The predicted octanol–water partition coefficient (Wildman–Crippen LogP) is 3.97. The molecule has 1 fully saturated rings. The molecule has 8 heteroatoms. The van der Waals surface area contributed by atoms with E-state index in [0.29, 0.717) is 30.2 Å². The molecule has 2 unspecified atom stereocenters. The molecule has 2 atom stereocenters. The number of hydrogen-bond donors (Lipinski definition) is 1. The number of nitrogens with zero attached hydrogens (tertiary/aromatic N) is 1. The van der Waals surface area contributed by atoms with Gasteiger partial charge in [-0.3, -0.25) is 4.79 Å². The summed E-state index contributed by atoms with van der Waals surface area (Å²) in [5, 5.41) is 0.278. The highest BCUT2D eigenvalue weighted by Gasteiger charge is 2.35. The molecule has 1 saturated heterocycles. The molecular formula is C16H22Cl3FN2O2. The van der Waals surface area contributed by atoms with Gasteiger partial charge in [-0.15, -0.1) is 12.4 Å². The highest BCUT2D eigenvalue weighted by Crippen LogP contribution is 2.32. The molecule has 1 aromatic carbocycles. The van der Waals surface area contributed by atoms with Crippen molar-refractivity contribution in [3.05, 3.63) is 33.6 Å². The molecule has 1 heterocycles. The summed E-state index contributed by atoms with van der Waals surface area (Å²) in [6, 6.07) is 2.61. The Bertz CT molecular complexity index is 599. The highest BCUT2D eigenvalue weighted by atomic mass is 35.5. The summed E-state index contributed by atoms with van der Waals surface area (Å²) >= 11 is 11.9. The summed E-state index contributed by atoms with van der Waals surface area (Å²) in [5.41, 5.74) is 5.70. The maximum atomic E-state index is 13.7. The number of amides is 1. The number of halogens is 4. The number of hydrogen-bond acceptors (Lipinski definition) is 3. The molecular weight excluding hydrogens is 378 g/mol. The van der Waals surface area contributed by atoms with Crippen LogP contribution in [0, 0.1) is 5.82 Å². The first-order valence-electron chi connectivity index (χ1n) is 7.60. The largest absolute Gasteiger partial charge is 0.370 e. The molecule has 24 heavy (non-hydrogen) atoms. The van der Waals surface area contributed by atoms with E-state index in [1.54, 1.807) is 11.8 Å². The second-order valence-electron chi connectivity index (χ2n) is 6.07. The van der Waals surface area contributed by atoms with Crippen molar-refractivity contribution in [3.63, 3.8) is 0 Å². The third-order valence-electron chi connectivity index (χ3n) is 4.00. The Kier molecular flexibility index (Phi) is 7.75. The average molecular weight is 400 g/mol. The van der Waals surface area contributed by atoms with Crippen molar-refractivity contribution in [1.82, 2.24) is 4.90 Å². The molecule has 1 amide bonds. The first-order valence-corrected chi connectivity index (χ1v) is 8.36. The Morgan fingerprint density at radius 3 is 2.75 bits per heavy atom. The number of rotatable bonds is 4. The van der Waals surface area contributed by atoms with Gasteiger partial charge in [0.1, 0.15) is 11.9 Å². The van der Waals surface area contributed by atoms with Crippen molar-refractivity contribution >= 4 is 41.5 Å². The van der Waals surface area contributed by atoms with Gasteiger partial charge in [-0.2, -0.15) is 0 Å². The van der Waals surface area contributed by atoms with E-state index in [2.05, 4.69) is 0 Å². The Morgan fingerprint density at radius 2 is 2.12 bits per heavy atom. The molecule has 1 aromatic rings. The van der Waals surface area contributed by atoms with Gasteiger partial charge >= 0.3 is 0 Å². The van der Waals surface area contributed by atoms with Crippen LogP contribution in [0.25, 0.3) is 0 Å². The lowest BCUT2D eigenvalue weighted by atomic mass is 9.95. The summed E-state index contributed by atoms with van der Waals surface area (Å²) in [7, 11) is 0. The van der Waals surface area contributed by atoms with Gasteiger partial charge in [0.2, 0.25) is 5.91 Å². The van der Waals surface area contributed by atoms with Gasteiger partial charge < -0.3 is 15.4 Å². The topological polar surface area (TPSA) is 55.6 Å². The van der Waals surface area contributed by atoms with Gasteiger partial charge in [0.15, 0.2) is 0 Å². The van der Waals surface area contributed by atoms with Crippen LogP contribution >= 0.6 is 35.6 Å². The Hall–Kier alpha value is -0.590. The zero-order valence-corrected chi connectivity index (χ0v) is 16.0. The minimum atomic E-state index is -0.911. The molecule has 0 bridgehead atoms. The van der Waals surface area contributed by atoms with Crippen LogP contribution in [-0.2, 0) is 9.53 Å². The van der Waals surface area contributed by atoms with Gasteiger partial charge in [-0.25, -0.2) is 4.39 Å². The first-order chi connectivity index (χ1) is 10.8. The second kappa shape index (κ2) is 8.68. The van der Waals surface area contributed by atoms with E-state index in [1.165, 1.54) is 12.1 Å². The number of carbonyl (C=O) groups is 1. The zero-order chi connectivity index (χ0) is 17.2. The van der Waals surface area contributed by atoms with Crippen molar-refractivity contribution in [2.24, 2.45) is 5.73 Å². The van der Waals surface area contributed by atoms with Gasteiger partial charge in [-0.1, -0.05) is 36.5 Å². The van der Waals surface area contributed by atoms with Gasteiger partial charge in [-0.05, 0) is 25.5 Å². The smallest absolute Gasteiger partial charge is 0.242 e. The lowest BCUT2D eigenvalue weighted by molar-refractivity contribution is -0.144. The standard InChI is InChI=1S/C16H21Cl2FN2O2.ClH/c1-3-4-16(2,20)15(22)21-5-6-23-14(9-21)10-7-13(19)12(18)8-11(10)17;/h7-8,14H,3-6,9,20H2,1-2H3;1H. The summed E-state index contributed by atoms with van der Waals surface area (Å²) in [5.74, 6) is -0.689. The summed E-state index contributed by atoms with van der Waals surface area (Å²) in [6.07, 6.45) is 0.926. The van der Waals surface area contributed by atoms with Crippen LogP contribution in [0.1, 0.15) is 38.4 Å². The molecule has 4 nitrogen and oxygen atoms in total. The Labute approximate surface area is 157 Å². The van der Waals surface area contributed by atoms with E-state index in [4.69, 9.17) is 33.7 Å². The van der Waals surface area contributed by atoms with E-state index < -0.39 is 17.5 Å². The fraction of sp³-hybridized carbons (Fsp3) is 0.562. The number of carbonyl (C=O) groups excluding carboxylic acids is 1. The Balaban J connectivity index is 0.00000288. The summed E-state index contributed by atoms with van der Waals surface area (Å²) in [4.78, 5) is 14.3. The van der Waals surface area contributed by atoms with Crippen molar-refractivity contribution in [2.45, 2.75) is 38.3 Å². The fourth-order valence-electron chi connectivity index (χ4n) is 2.79. The molecule has 0 aliphatic carbocycles. The van der Waals surface area contributed by atoms with Crippen LogP contribution < -0.4 is 5.73 Å². The maximum Gasteiger partial charge on any atom is 0.242 e. The van der Waals surface area contributed by atoms with E-state index in [9.17, 15) is 9.18 Å². The van der Waals surface area contributed by atoms with Crippen LogP contribution in [0.15, 0.2) is 12.1 Å². The summed E-state index contributed by atoms with van der Waals surface area (Å²) in [6.45, 7) is 4.81. The highest BCUT2D eigenvalue weighted by molar-refractivity contribution is 6.35. The van der Waals surface area contributed by atoms with Crippen molar-refractivity contribution in [2.75, 3.05) is 19.7 Å². The number of benzene rings is 1. The predicted molar refractivity (Wildman–Crippen MR) is 96.4 cm³/mol. The first kappa shape index (κ1) is 21.5. The van der Waals surface area contributed by atoms with Crippen LogP contribution in [0.5, 0.6) is 0 Å². The van der Waals surface area contributed by atoms with Crippen LogP contribution in [0.4, 0.5) is 4.39 Å². The van der Waals surface area contributed by atoms with Gasteiger partial charge in [0.25, 0.3) is 0 Å². The van der Waals surface area contributed by atoms with Crippen molar-refractivity contribution in [1.29, 1.82) is 0 Å². The maximum absolute atomic E-state index is 13.7. The third-order valence-corrected chi connectivity index (χ3v) is 4.62. The van der Waals surface area contributed by atoms with E-state index in [0.717, 1.165) is 6.42 Å². The van der Waals surface area contributed by atoms with E-state index in [1.807, 2.05) is 6.92 Å². The van der Waals surface area contributed by atoms with Crippen molar-refractivity contribution in [3.8, 4) is 0 Å². The van der Waals surface area contributed by atoms with E-state index in [-0.39, 0.29) is 29.9 Å². The molecule has 2 rings (SSSR count). The second-order valence-corrected chi connectivity index (χ2v) is 6.88. The molecule has 0 radical (unpaired) electrons. The van der Waals surface area contributed by atoms with E-state index >= 15 is 0 Å². The van der Waals surface area contributed by atoms with Gasteiger partial charge in [0.05, 0.1) is 23.7 Å². The SMILES string of the molecule is CCCC(C)(N)C(=O)N1CCOC(c2cc(F)c(Cl)cc2Cl)C1.Cl. The lowest BCUT2D eigenvalue weighted by Crippen LogP contribution is -2.56. The molecule has 0 spiro atoms. The lowest BCUT2D eigenvalue weighted by Gasteiger charge is -2.37. The molecule has 0 aromatic heterocycles. The van der Waals surface area contributed by atoms with Gasteiger partial charge in [0, 0.05) is 17.1 Å². The molecule has 2 N–H and O–H groups in total. The molecule has 1 aliphatic heterocycles. The molecule has 1 aliphatic rings. The normalized spacial score (nSPS) is 20.2.